The normalized spacial score (nSPS) is 19.3. The maximum absolute atomic E-state index is 12.0. The number of aromatic nitrogens is 1. The van der Waals surface area contributed by atoms with Crippen LogP contribution in [0.15, 0.2) is 10.6 Å². The predicted octanol–water partition coefficient (Wildman–Crippen LogP) is 1.71. The van der Waals surface area contributed by atoms with Crippen LogP contribution in [-0.4, -0.2) is 29.1 Å². The lowest BCUT2D eigenvalue weighted by Gasteiger charge is -2.12. The molecule has 1 aliphatic rings. The lowest BCUT2D eigenvalue weighted by molar-refractivity contribution is -0.119. The van der Waals surface area contributed by atoms with Crippen LogP contribution in [0.2, 0.25) is 0 Å². The quantitative estimate of drug-likeness (QED) is 0.820. The van der Waals surface area contributed by atoms with Gasteiger partial charge in [0.2, 0.25) is 5.91 Å². The summed E-state index contributed by atoms with van der Waals surface area (Å²) < 4.78 is 5.21. The number of hydrogen-bond donors (Lipinski definition) is 1. The van der Waals surface area contributed by atoms with Gasteiger partial charge in [0, 0.05) is 24.6 Å². The van der Waals surface area contributed by atoms with Gasteiger partial charge < -0.3 is 14.7 Å². The van der Waals surface area contributed by atoms with Crippen LogP contribution in [0.3, 0.4) is 0 Å². The monoisotopic (exact) mass is 262 g/mol. The molecule has 0 radical (unpaired) electrons. The van der Waals surface area contributed by atoms with E-state index in [2.05, 4.69) is 16.7 Å². The summed E-state index contributed by atoms with van der Waals surface area (Å²) in [6.45, 7) is 7.16. The van der Waals surface area contributed by atoms with Crippen LogP contribution >= 0.6 is 0 Å². The van der Waals surface area contributed by atoms with Crippen molar-refractivity contribution in [1.82, 2.24) is 10.1 Å². The minimum atomic E-state index is -0.158. The highest BCUT2D eigenvalue weighted by atomic mass is 16.5. The minimum Gasteiger partial charge on any atom is -0.359 e. The Kier molecular flexibility index (Phi) is 3.47. The van der Waals surface area contributed by atoms with Gasteiger partial charge in [-0.15, -0.1) is 0 Å². The van der Waals surface area contributed by atoms with Crippen molar-refractivity contribution in [2.24, 2.45) is 5.92 Å². The van der Waals surface area contributed by atoms with Gasteiger partial charge in [-0.25, -0.2) is 0 Å². The van der Waals surface area contributed by atoms with E-state index in [1.165, 1.54) is 0 Å². The molecule has 1 aromatic rings. The number of rotatable bonds is 2. The Morgan fingerprint density at radius 3 is 2.89 bits per heavy atom. The Balaban J connectivity index is 1.97. The van der Waals surface area contributed by atoms with E-state index in [0.29, 0.717) is 25.3 Å². The largest absolute Gasteiger partial charge is 0.359 e. The summed E-state index contributed by atoms with van der Waals surface area (Å²) in [5, 5.41) is 15.4. The van der Waals surface area contributed by atoms with Crippen molar-refractivity contribution < 1.29 is 9.32 Å². The molecule has 1 fully saturated rings. The number of nitrogens with zero attached hydrogens (tertiary/aromatic N) is 3. The molecule has 1 N–H and O–H groups in total. The second kappa shape index (κ2) is 4.92. The lowest BCUT2D eigenvalue weighted by atomic mass is 9.93. The van der Waals surface area contributed by atoms with Crippen molar-refractivity contribution in [3.8, 4) is 6.19 Å². The van der Waals surface area contributed by atoms with Crippen molar-refractivity contribution in [3.63, 3.8) is 0 Å². The molecule has 6 heteroatoms. The molecular formula is C13H18N4O2. The molecule has 0 bridgehead atoms. The van der Waals surface area contributed by atoms with E-state index in [9.17, 15) is 4.79 Å². The van der Waals surface area contributed by atoms with E-state index in [1.807, 2.05) is 20.8 Å². The van der Waals surface area contributed by atoms with Crippen LogP contribution in [0.25, 0.3) is 0 Å². The molecule has 2 heterocycles. The van der Waals surface area contributed by atoms with Crippen molar-refractivity contribution in [3.05, 3.63) is 11.8 Å². The van der Waals surface area contributed by atoms with Gasteiger partial charge in [-0.2, -0.15) is 5.26 Å². The van der Waals surface area contributed by atoms with Gasteiger partial charge in [-0.05, 0) is 6.42 Å². The molecule has 6 nitrogen and oxygen atoms in total. The smallest absolute Gasteiger partial charge is 0.230 e. The molecule has 0 aromatic carbocycles. The number of amides is 1. The number of nitrogens with one attached hydrogen (secondary N) is 1. The van der Waals surface area contributed by atoms with E-state index in [1.54, 1.807) is 11.0 Å². The lowest BCUT2D eigenvalue weighted by Crippen LogP contribution is -2.25. The van der Waals surface area contributed by atoms with E-state index >= 15 is 0 Å². The Morgan fingerprint density at radius 2 is 2.37 bits per heavy atom. The van der Waals surface area contributed by atoms with Crippen LogP contribution < -0.4 is 5.32 Å². The molecule has 1 aromatic heterocycles. The topological polar surface area (TPSA) is 82.2 Å². The van der Waals surface area contributed by atoms with Gasteiger partial charge in [0.15, 0.2) is 12.0 Å². The fourth-order valence-electron chi connectivity index (χ4n) is 1.98. The molecular weight excluding hydrogens is 244 g/mol. The summed E-state index contributed by atoms with van der Waals surface area (Å²) in [5.41, 5.74) is -0.138. The van der Waals surface area contributed by atoms with Gasteiger partial charge in [0.1, 0.15) is 5.76 Å². The number of anilines is 1. The van der Waals surface area contributed by atoms with Crippen molar-refractivity contribution in [2.75, 3.05) is 18.4 Å². The third-order valence-corrected chi connectivity index (χ3v) is 3.20. The van der Waals surface area contributed by atoms with Crippen molar-refractivity contribution in [2.45, 2.75) is 32.6 Å². The molecule has 0 spiro atoms. The minimum absolute atomic E-state index is 0.105. The Hall–Kier alpha value is -2.03. The first-order valence-corrected chi connectivity index (χ1v) is 6.33. The molecule has 0 aliphatic carbocycles. The van der Waals surface area contributed by atoms with Crippen LogP contribution in [0.5, 0.6) is 0 Å². The molecule has 1 atom stereocenters. The second-order valence-corrected chi connectivity index (χ2v) is 5.85. The maximum atomic E-state index is 12.0. The summed E-state index contributed by atoms with van der Waals surface area (Å²) in [6, 6.07) is 1.74. The van der Waals surface area contributed by atoms with Crippen LogP contribution in [0.4, 0.5) is 5.82 Å². The molecule has 1 unspecified atom stereocenters. The second-order valence-electron chi connectivity index (χ2n) is 5.85. The van der Waals surface area contributed by atoms with Crippen molar-refractivity contribution in [1.29, 1.82) is 5.26 Å². The standard InChI is InChI=1S/C13H18N4O2/c1-13(2,3)10-6-11(16-19-10)15-12(18)9-4-5-17(7-9)8-14/h6,9H,4-5,7H2,1-3H3,(H,15,16,18). The fraction of sp³-hybridized carbons (Fsp3) is 0.615. The Bertz CT molecular complexity index is 509. The first kappa shape index (κ1) is 13.4. The summed E-state index contributed by atoms with van der Waals surface area (Å²) in [6.07, 6.45) is 2.75. The predicted molar refractivity (Wildman–Crippen MR) is 69.1 cm³/mol. The van der Waals surface area contributed by atoms with Crippen LogP contribution in [0.1, 0.15) is 33.0 Å². The highest BCUT2D eigenvalue weighted by molar-refractivity contribution is 5.92. The number of carbonyl (C=O) groups excluding carboxylic acids is 1. The average Bonchev–Trinajstić information content (AvgIpc) is 2.95. The SMILES string of the molecule is CC(C)(C)c1cc(NC(=O)C2CCN(C#N)C2)no1. The number of nitriles is 1. The third-order valence-electron chi connectivity index (χ3n) is 3.20. The first-order chi connectivity index (χ1) is 8.90. The summed E-state index contributed by atoms with van der Waals surface area (Å²) in [4.78, 5) is 13.6. The van der Waals surface area contributed by atoms with Crippen molar-refractivity contribution >= 4 is 11.7 Å². The zero-order chi connectivity index (χ0) is 14.0. The van der Waals surface area contributed by atoms with Gasteiger partial charge >= 0.3 is 0 Å². The zero-order valence-corrected chi connectivity index (χ0v) is 11.4. The molecule has 102 valence electrons. The average molecular weight is 262 g/mol. The third kappa shape index (κ3) is 3.05. The molecule has 2 rings (SSSR count). The summed E-state index contributed by atoms with van der Waals surface area (Å²) in [5.74, 6) is 0.902. The highest BCUT2D eigenvalue weighted by Gasteiger charge is 2.28. The molecule has 1 amide bonds. The van der Waals surface area contributed by atoms with Gasteiger partial charge in [0.05, 0.1) is 5.92 Å². The maximum Gasteiger partial charge on any atom is 0.230 e. The van der Waals surface area contributed by atoms with E-state index in [-0.39, 0.29) is 17.2 Å². The van der Waals surface area contributed by atoms with E-state index < -0.39 is 0 Å². The number of carbonyl (C=O) groups is 1. The molecule has 0 saturated carbocycles. The number of hydrogen-bond acceptors (Lipinski definition) is 5. The van der Waals surface area contributed by atoms with Gasteiger partial charge in [0.25, 0.3) is 0 Å². The Morgan fingerprint density at radius 1 is 1.63 bits per heavy atom. The molecule has 19 heavy (non-hydrogen) atoms. The first-order valence-electron chi connectivity index (χ1n) is 6.33. The van der Waals surface area contributed by atoms with E-state index in [4.69, 9.17) is 9.78 Å². The van der Waals surface area contributed by atoms with Crippen LogP contribution in [-0.2, 0) is 10.2 Å². The number of likely N-dealkylation sites (tertiary alicyclic amines) is 1. The van der Waals surface area contributed by atoms with Gasteiger partial charge in [-0.1, -0.05) is 25.9 Å². The van der Waals surface area contributed by atoms with Crippen LogP contribution in [0, 0.1) is 17.4 Å². The van der Waals surface area contributed by atoms with Gasteiger partial charge in [-0.3, -0.25) is 4.79 Å². The summed E-state index contributed by atoms with van der Waals surface area (Å²) in [7, 11) is 0. The van der Waals surface area contributed by atoms with E-state index in [0.717, 1.165) is 5.76 Å². The highest BCUT2D eigenvalue weighted by Crippen LogP contribution is 2.25. The zero-order valence-electron chi connectivity index (χ0n) is 11.4. The summed E-state index contributed by atoms with van der Waals surface area (Å²) >= 11 is 0. The fourth-order valence-corrected chi connectivity index (χ4v) is 1.98. The Labute approximate surface area is 112 Å². The molecule has 1 aliphatic heterocycles. The molecule has 1 saturated heterocycles.